The summed E-state index contributed by atoms with van der Waals surface area (Å²) < 4.78 is 25.7. The van der Waals surface area contributed by atoms with Crippen molar-refractivity contribution in [1.82, 2.24) is 4.90 Å². The van der Waals surface area contributed by atoms with E-state index < -0.39 is 5.82 Å². The zero-order valence-electron chi connectivity index (χ0n) is 14.1. The highest BCUT2D eigenvalue weighted by molar-refractivity contribution is 5.44. The average Bonchev–Trinajstić information content (AvgIpc) is 2.60. The van der Waals surface area contributed by atoms with E-state index in [9.17, 15) is 4.39 Å². The van der Waals surface area contributed by atoms with Crippen LogP contribution in [0, 0.1) is 12.7 Å². The maximum absolute atomic E-state index is 14.2. The van der Waals surface area contributed by atoms with Crippen LogP contribution in [0.25, 0.3) is 0 Å². The van der Waals surface area contributed by atoms with Gasteiger partial charge in [-0.25, -0.2) is 4.39 Å². The van der Waals surface area contributed by atoms with Crippen molar-refractivity contribution in [1.29, 1.82) is 0 Å². The van der Waals surface area contributed by atoms with Crippen molar-refractivity contribution in [3.05, 3.63) is 53.8 Å². The van der Waals surface area contributed by atoms with Gasteiger partial charge in [-0.1, -0.05) is 30.2 Å². The van der Waals surface area contributed by atoms with E-state index in [4.69, 9.17) is 9.47 Å². The molecule has 1 fully saturated rings. The first-order valence-corrected chi connectivity index (χ1v) is 8.60. The van der Waals surface area contributed by atoms with E-state index in [1.54, 1.807) is 12.1 Å². The van der Waals surface area contributed by atoms with Crippen LogP contribution in [0.5, 0.6) is 17.2 Å². The molecule has 1 aliphatic rings. The van der Waals surface area contributed by atoms with Gasteiger partial charge in [-0.3, -0.25) is 4.90 Å². The fourth-order valence-corrected chi connectivity index (χ4v) is 2.89. The van der Waals surface area contributed by atoms with Crippen molar-refractivity contribution in [2.24, 2.45) is 0 Å². The third kappa shape index (κ3) is 4.48. The zero-order valence-corrected chi connectivity index (χ0v) is 14.1. The minimum absolute atomic E-state index is 0.153. The van der Waals surface area contributed by atoms with Gasteiger partial charge in [-0.15, -0.1) is 0 Å². The fraction of sp³-hybridized carbons (Fsp3) is 0.400. The number of hydrogen-bond donors (Lipinski definition) is 0. The minimum Gasteiger partial charge on any atom is -0.488 e. The van der Waals surface area contributed by atoms with Crippen molar-refractivity contribution in [2.75, 3.05) is 26.2 Å². The molecule has 1 saturated heterocycles. The molecule has 1 aliphatic heterocycles. The Morgan fingerprint density at radius 2 is 1.75 bits per heavy atom. The highest BCUT2D eigenvalue weighted by atomic mass is 19.1. The quantitative estimate of drug-likeness (QED) is 0.760. The molecule has 0 aliphatic carbocycles. The van der Waals surface area contributed by atoms with Gasteiger partial charge in [0.25, 0.3) is 0 Å². The van der Waals surface area contributed by atoms with Crippen LogP contribution in [0.1, 0.15) is 24.8 Å². The van der Waals surface area contributed by atoms with E-state index >= 15 is 0 Å². The molecule has 0 N–H and O–H groups in total. The Balaban J connectivity index is 1.64. The maximum Gasteiger partial charge on any atom is 0.204 e. The Labute approximate surface area is 143 Å². The minimum atomic E-state index is -0.411. The lowest BCUT2D eigenvalue weighted by atomic mass is 10.1. The topological polar surface area (TPSA) is 21.7 Å². The lowest BCUT2D eigenvalue weighted by Crippen LogP contribution is -2.33. The molecule has 2 aromatic carbocycles. The Hall–Kier alpha value is -2.07. The summed E-state index contributed by atoms with van der Waals surface area (Å²) in [5.41, 5.74) is 1.13. The molecule has 0 spiro atoms. The summed E-state index contributed by atoms with van der Waals surface area (Å²) in [5.74, 6) is 0.796. The number of benzene rings is 2. The third-order valence-corrected chi connectivity index (χ3v) is 4.29. The number of rotatable bonds is 6. The smallest absolute Gasteiger partial charge is 0.204 e. The number of ether oxygens (including phenoxy) is 2. The summed E-state index contributed by atoms with van der Waals surface area (Å²) >= 11 is 0. The van der Waals surface area contributed by atoms with E-state index in [2.05, 4.69) is 4.90 Å². The summed E-state index contributed by atoms with van der Waals surface area (Å²) in [6.07, 6.45) is 3.82. The molecule has 0 unspecified atom stereocenters. The van der Waals surface area contributed by atoms with E-state index in [0.29, 0.717) is 18.1 Å². The van der Waals surface area contributed by atoms with Crippen LogP contribution in [-0.4, -0.2) is 31.1 Å². The predicted molar refractivity (Wildman–Crippen MR) is 93.4 cm³/mol. The normalized spacial score (nSPS) is 15.2. The molecule has 2 aromatic rings. The van der Waals surface area contributed by atoms with Gasteiger partial charge in [0, 0.05) is 6.54 Å². The second kappa shape index (κ2) is 8.15. The second-order valence-electron chi connectivity index (χ2n) is 6.23. The van der Waals surface area contributed by atoms with Gasteiger partial charge in [-0.05, 0) is 57.1 Å². The number of nitrogens with zero attached hydrogens (tertiary/aromatic N) is 1. The van der Waals surface area contributed by atoms with Crippen LogP contribution in [0.4, 0.5) is 4.39 Å². The highest BCUT2D eigenvalue weighted by Crippen LogP contribution is 2.34. The fourth-order valence-electron chi connectivity index (χ4n) is 2.89. The molecule has 24 heavy (non-hydrogen) atoms. The van der Waals surface area contributed by atoms with Crippen LogP contribution in [-0.2, 0) is 0 Å². The molecular formula is C20H24FNO2. The summed E-state index contributed by atoms with van der Waals surface area (Å²) in [5, 5.41) is 0. The van der Waals surface area contributed by atoms with E-state index in [1.807, 2.05) is 31.2 Å². The number of para-hydroxylation sites is 1. The lowest BCUT2D eigenvalue weighted by Gasteiger charge is -2.26. The van der Waals surface area contributed by atoms with Crippen molar-refractivity contribution >= 4 is 0 Å². The van der Waals surface area contributed by atoms with Gasteiger partial charge in [0.1, 0.15) is 12.4 Å². The number of likely N-dealkylation sites (tertiary alicyclic amines) is 1. The molecule has 0 radical (unpaired) electrons. The van der Waals surface area contributed by atoms with Gasteiger partial charge in [0.2, 0.25) is 5.75 Å². The maximum atomic E-state index is 14.2. The van der Waals surface area contributed by atoms with Gasteiger partial charge < -0.3 is 9.47 Å². The molecular weight excluding hydrogens is 305 g/mol. The van der Waals surface area contributed by atoms with Gasteiger partial charge in [-0.2, -0.15) is 0 Å². The lowest BCUT2D eigenvalue weighted by molar-refractivity contribution is 0.180. The molecule has 0 amide bonds. The van der Waals surface area contributed by atoms with Crippen LogP contribution in [0.3, 0.4) is 0 Å². The highest BCUT2D eigenvalue weighted by Gasteiger charge is 2.14. The number of halogens is 1. The summed E-state index contributed by atoms with van der Waals surface area (Å²) in [6, 6.07) is 12.3. The summed E-state index contributed by atoms with van der Waals surface area (Å²) in [7, 11) is 0. The predicted octanol–water partition coefficient (Wildman–Crippen LogP) is 4.79. The van der Waals surface area contributed by atoms with Crippen molar-refractivity contribution in [3.8, 4) is 17.2 Å². The number of piperidine rings is 1. The van der Waals surface area contributed by atoms with Gasteiger partial charge in [0.05, 0.1) is 0 Å². The van der Waals surface area contributed by atoms with Gasteiger partial charge >= 0.3 is 0 Å². The van der Waals surface area contributed by atoms with Crippen LogP contribution >= 0.6 is 0 Å². The number of aryl methyl sites for hydroxylation is 1. The molecule has 0 aromatic heterocycles. The monoisotopic (exact) mass is 329 g/mol. The Bertz CT molecular complexity index is 651. The third-order valence-electron chi connectivity index (χ3n) is 4.29. The molecule has 1 heterocycles. The zero-order chi connectivity index (χ0) is 16.8. The number of hydrogen-bond acceptors (Lipinski definition) is 3. The Morgan fingerprint density at radius 3 is 2.50 bits per heavy atom. The summed E-state index contributed by atoms with van der Waals surface area (Å²) in [4.78, 5) is 2.39. The van der Waals surface area contributed by atoms with Crippen LogP contribution < -0.4 is 9.47 Å². The van der Waals surface area contributed by atoms with Crippen LogP contribution in [0.15, 0.2) is 42.5 Å². The molecule has 0 saturated carbocycles. The average molecular weight is 329 g/mol. The SMILES string of the molecule is Cc1ccc(Oc2c(F)cccc2OCCN2CCCCC2)cc1. The molecule has 3 rings (SSSR count). The molecule has 0 bridgehead atoms. The van der Waals surface area contributed by atoms with Crippen molar-refractivity contribution in [3.63, 3.8) is 0 Å². The van der Waals surface area contributed by atoms with E-state index in [-0.39, 0.29) is 5.75 Å². The molecule has 3 nitrogen and oxygen atoms in total. The Morgan fingerprint density at radius 1 is 1.00 bits per heavy atom. The van der Waals surface area contributed by atoms with Gasteiger partial charge in [0.15, 0.2) is 11.6 Å². The Kier molecular flexibility index (Phi) is 5.70. The van der Waals surface area contributed by atoms with Crippen LogP contribution in [0.2, 0.25) is 0 Å². The van der Waals surface area contributed by atoms with E-state index in [1.165, 1.54) is 25.3 Å². The second-order valence-corrected chi connectivity index (χ2v) is 6.23. The molecule has 0 atom stereocenters. The molecule has 4 heteroatoms. The molecule has 128 valence electrons. The summed E-state index contributed by atoms with van der Waals surface area (Å²) in [6.45, 7) is 5.65. The van der Waals surface area contributed by atoms with Crippen molar-refractivity contribution < 1.29 is 13.9 Å². The standard InChI is InChI=1S/C20H24FNO2/c1-16-8-10-17(11-9-16)24-20-18(21)6-5-7-19(20)23-15-14-22-12-3-2-4-13-22/h5-11H,2-4,12-15H2,1H3. The first-order chi connectivity index (χ1) is 11.7. The first-order valence-electron chi connectivity index (χ1n) is 8.60. The van der Waals surface area contributed by atoms with E-state index in [0.717, 1.165) is 25.2 Å². The first kappa shape index (κ1) is 16.8. The largest absolute Gasteiger partial charge is 0.488 e. The van der Waals surface area contributed by atoms with Crippen molar-refractivity contribution in [2.45, 2.75) is 26.2 Å².